The van der Waals surface area contributed by atoms with Gasteiger partial charge in [0, 0.05) is 17.3 Å². The summed E-state index contributed by atoms with van der Waals surface area (Å²) in [4.78, 5) is 0. The zero-order valence-corrected chi connectivity index (χ0v) is 18.0. The van der Waals surface area contributed by atoms with Gasteiger partial charge in [0.15, 0.2) is 11.6 Å². The number of nitrogens with one attached hydrogen (secondary N) is 1. The lowest BCUT2D eigenvalue weighted by molar-refractivity contribution is 0.219. The standard InChI is InChI=1S/C20H27FO.C4H6N2/c1-7-16(9-14(5)15(6)13(3)4)20-11-17(20)10-18(21)19(12-20)22-8-2;1-4-2-3-5-6-4/h7,9-10,12-13,17H,1,8,11H2,2-6H3;2-3H,1H3,(H,5,6)/b15-14+,16-9+;. The van der Waals surface area contributed by atoms with Gasteiger partial charge >= 0.3 is 0 Å². The molecule has 0 aliphatic heterocycles. The Balaban J connectivity index is 0.000000397. The smallest absolute Gasteiger partial charge is 0.161 e. The first-order valence-corrected chi connectivity index (χ1v) is 9.96. The molecule has 0 amide bonds. The van der Waals surface area contributed by atoms with E-state index in [1.54, 1.807) is 12.3 Å². The molecule has 3 nitrogen and oxygen atoms in total. The fourth-order valence-corrected chi connectivity index (χ4v) is 3.43. The van der Waals surface area contributed by atoms with Gasteiger partial charge in [0.05, 0.1) is 6.61 Å². The number of aromatic amines is 1. The number of hydrogen-bond acceptors (Lipinski definition) is 2. The third-order valence-corrected chi connectivity index (χ3v) is 5.59. The van der Waals surface area contributed by atoms with Crippen LogP contribution in [-0.2, 0) is 4.74 Å². The average molecular weight is 385 g/mol. The van der Waals surface area contributed by atoms with Gasteiger partial charge in [-0.05, 0) is 69.7 Å². The van der Waals surface area contributed by atoms with Crippen molar-refractivity contribution in [2.24, 2.45) is 17.3 Å². The molecule has 0 spiro atoms. The third-order valence-electron chi connectivity index (χ3n) is 5.59. The van der Waals surface area contributed by atoms with Crippen LogP contribution in [0, 0.1) is 24.2 Å². The van der Waals surface area contributed by atoms with Crippen molar-refractivity contribution < 1.29 is 9.13 Å². The molecule has 3 rings (SSSR count). The SMILES string of the molecule is C=C/C(=C\C(C)=C(/C)C(C)C)C12C=C(OCC)C(F)=CC1C2.Cc1ccn[nH]1. The first-order chi connectivity index (χ1) is 13.2. The summed E-state index contributed by atoms with van der Waals surface area (Å²) in [6.07, 6.45) is 10.4. The number of nitrogens with zero attached hydrogens (tertiary/aromatic N) is 1. The summed E-state index contributed by atoms with van der Waals surface area (Å²) < 4.78 is 19.4. The summed E-state index contributed by atoms with van der Waals surface area (Å²) >= 11 is 0. The van der Waals surface area contributed by atoms with Crippen LogP contribution in [0.15, 0.2) is 71.5 Å². The van der Waals surface area contributed by atoms with Gasteiger partial charge in [-0.25, -0.2) is 4.39 Å². The van der Waals surface area contributed by atoms with Gasteiger partial charge < -0.3 is 4.74 Å². The number of hydrogen-bond donors (Lipinski definition) is 1. The van der Waals surface area contributed by atoms with Crippen LogP contribution in [0.2, 0.25) is 0 Å². The van der Waals surface area contributed by atoms with E-state index in [0.29, 0.717) is 18.3 Å². The van der Waals surface area contributed by atoms with Crippen LogP contribution in [-0.4, -0.2) is 16.8 Å². The number of H-pyrrole nitrogens is 1. The molecule has 2 aliphatic carbocycles. The molecular weight excluding hydrogens is 351 g/mol. The first kappa shape index (κ1) is 21.9. The Morgan fingerprint density at radius 3 is 2.64 bits per heavy atom. The van der Waals surface area contributed by atoms with E-state index in [1.165, 1.54) is 11.1 Å². The molecule has 1 fully saturated rings. The van der Waals surface area contributed by atoms with Gasteiger partial charge in [0.2, 0.25) is 0 Å². The second-order valence-electron chi connectivity index (χ2n) is 7.87. The molecule has 2 unspecified atom stereocenters. The van der Waals surface area contributed by atoms with Crippen LogP contribution in [0.25, 0.3) is 0 Å². The highest BCUT2D eigenvalue weighted by Gasteiger charge is 2.55. The molecule has 0 radical (unpaired) electrons. The number of allylic oxidation sites excluding steroid dienone is 8. The maximum absolute atomic E-state index is 14.0. The van der Waals surface area contributed by atoms with Crippen LogP contribution in [0.3, 0.4) is 0 Å². The van der Waals surface area contributed by atoms with Crippen molar-refractivity contribution in [1.82, 2.24) is 10.2 Å². The maximum atomic E-state index is 14.0. The number of ether oxygens (including phenoxy) is 1. The van der Waals surface area contributed by atoms with Crippen LogP contribution in [0.5, 0.6) is 0 Å². The fraction of sp³-hybridized carbons (Fsp3) is 0.458. The van der Waals surface area contributed by atoms with Crippen molar-refractivity contribution >= 4 is 0 Å². The Morgan fingerprint density at radius 1 is 1.46 bits per heavy atom. The third kappa shape index (κ3) is 4.92. The normalized spacial score (nSPS) is 24.3. The Morgan fingerprint density at radius 2 is 2.18 bits per heavy atom. The van der Waals surface area contributed by atoms with Crippen molar-refractivity contribution in [3.8, 4) is 0 Å². The summed E-state index contributed by atoms with van der Waals surface area (Å²) in [5, 5.41) is 6.45. The van der Waals surface area contributed by atoms with E-state index >= 15 is 0 Å². The van der Waals surface area contributed by atoms with Crippen LogP contribution in [0.4, 0.5) is 4.39 Å². The second kappa shape index (κ2) is 9.22. The molecule has 2 atom stereocenters. The van der Waals surface area contributed by atoms with E-state index in [4.69, 9.17) is 4.74 Å². The van der Waals surface area contributed by atoms with Gasteiger partial charge in [-0.2, -0.15) is 5.10 Å². The Hall–Kier alpha value is -2.36. The van der Waals surface area contributed by atoms with Crippen molar-refractivity contribution in [3.63, 3.8) is 0 Å². The highest BCUT2D eigenvalue weighted by atomic mass is 19.1. The monoisotopic (exact) mass is 384 g/mol. The lowest BCUT2D eigenvalue weighted by Gasteiger charge is -2.21. The summed E-state index contributed by atoms with van der Waals surface area (Å²) in [6.45, 7) is 17.0. The van der Waals surface area contributed by atoms with Gasteiger partial charge in [0.1, 0.15) is 0 Å². The molecule has 0 saturated heterocycles. The molecule has 1 N–H and O–H groups in total. The number of halogens is 1. The van der Waals surface area contributed by atoms with E-state index in [1.807, 2.05) is 32.1 Å². The van der Waals surface area contributed by atoms with E-state index in [0.717, 1.165) is 17.7 Å². The minimum absolute atomic E-state index is 0.125. The zero-order chi connectivity index (χ0) is 20.9. The number of aryl methyl sites for hydroxylation is 1. The van der Waals surface area contributed by atoms with Crippen molar-refractivity contribution in [1.29, 1.82) is 0 Å². The number of fused-ring (bicyclic) bond motifs is 1. The van der Waals surface area contributed by atoms with E-state index < -0.39 is 0 Å². The largest absolute Gasteiger partial charge is 0.491 e. The van der Waals surface area contributed by atoms with Crippen molar-refractivity contribution in [2.45, 2.75) is 48.0 Å². The maximum Gasteiger partial charge on any atom is 0.161 e. The minimum atomic E-state index is -0.228. The van der Waals surface area contributed by atoms with Crippen molar-refractivity contribution in [2.75, 3.05) is 6.61 Å². The highest BCUT2D eigenvalue weighted by Crippen LogP contribution is 2.63. The fourth-order valence-electron chi connectivity index (χ4n) is 3.43. The summed E-state index contributed by atoms with van der Waals surface area (Å²) in [6, 6.07) is 1.92. The molecule has 0 bridgehead atoms. The zero-order valence-electron chi connectivity index (χ0n) is 18.0. The summed E-state index contributed by atoms with van der Waals surface area (Å²) in [7, 11) is 0. The van der Waals surface area contributed by atoms with E-state index in [-0.39, 0.29) is 17.2 Å². The molecule has 2 aliphatic rings. The second-order valence-corrected chi connectivity index (χ2v) is 7.87. The average Bonchev–Trinajstić information content (AvgIpc) is 3.15. The Bertz CT molecular complexity index is 812. The number of rotatable bonds is 6. The molecule has 1 heterocycles. The van der Waals surface area contributed by atoms with Gasteiger partial charge in [0.25, 0.3) is 0 Å². The minimum Gasteiger partial charge on any atom is -0.491 e. The lowest BCUT2D eigenvalue weighted by Crippen LogP contribution is -2.10. The quantitative estimate of drug-likeness (QED) is 0.561. The van der Waals surface area contributed by atoms with Crippen LogP contribution < -0.4 is 0 Å². The van der Waals surface area contributed by atoms with Gasteiger partial charge in [-0.1, -0.05) is 43.7 Å². The molecule has 28 heavy (non-hydrogen) atoms. The van der Waals surface area contributed by atoms with Gasteiger partial charge in [-0.15, -0.1) is 0 Å². The molecule has 1 aromatic heterocycles. The molecule has 1 saturated carbocycles. The molecular formula is C24H33FN2O. The molecule has 0 aromatic carbocycles. The predicted molar refractivity (Wildman–Crippen MR) is 114 cm³/mol. The number of aromatic nitrogens is 2. The summed E-state index contributed by atoms with van der Waals surface area (Å²) in [5.41, 5.74) is 4.79. The predicted octanol–water partition coefficient (Wildman–Crippen LogP) is 6.60. The summed E-state index contributed by atoms with van der Waals surface area (Å²) in [5.74, 6) is 0.904. The van der Waals surface area contributed by atoms with Crippen LogP contribution >= 0.6 is 0 Å². The molecule has 4 heteroatoms. The first-order valence-electron chi connectivity index (χ1n) is 9.96. The Kier molecular flexibility index (Phi) is 7.22. The Labute approximate surface area is 168 Å². The van der Waals surface area contributed by atoms with E-state index in [9.17, 15) is 4.39 Å². The van der Waals surface area contributed by atoms with Crippen LogP contribution in [0.1, 0.15) is 46.7 Å². The lowest BCUT2D eigenvalue weighted by atomic mass is 9.87. The van der Waals surface area contributed by atoms with Crippen molar-refractivity contribution in [3.05, 3.63) is 77.1 Å². The molecule has 1 aromatic rings. The van der Waals surface area contributed by atoms with E-state index in [2.05, 4.69) is 50.5 Å². The van der Waals surface area contributed by atoms with Gasteiger partial charge in [-0.3, -0.25) is 5.10 Å². The topological polar surface area (TPSA) is 37.9 Å². The highest BCUT2D eigenvalue weighted by molar-refractivity contribution is 5.50. The molecule has 152 valence electrons.